The Kier molecular flexibility index (Phi) is 4.33. The van der Waals surface area contributed by atoms with Crippen molar-refractivity contribution in [2.24, 2.45) is 0 Å². The summed E-state index contributed by atoms with van der Waals surface area (Å²) in [6.45, 7) is 0.856. The maximum absolute atomic E-state index is 5.58. The molecule has 0 heterocycles. The molecule has 13 heavy (non-hydrogen) atoms. The number of nitrogens with two attached hydrogens (primary N) is 1. The fourth-order valence-corrected chi connectivity index (χ4v) is 1.26. The molecule has 0 atom stereocenters. The van der Waals surface area contributed by atoms with Gasteiger partial charge in [0.15, 0.2) is 0 Å². The minimum absolute atomic E-state index is 0.834. The van der Waals surface area contributed by atoms with Crippen molar-refractivity contribution >= 4 is 5.69 Å². The van der Waals surface area contributed by atoms with Gasteiger partial charge in [-0.1, -0.05) is 12.1 Å². The van der Waals surface area contributed by atoms with E-state index in [0.717, 1.165) is 25.1 Å². The monoisotopic (exact) mass is 179 g/mol. The zero-order valence-electron chi connectivity index (χ0n) is 8.12. The fourth-order valence-electron chi connectivity index (χ4n) is 1.26. The van der Waals surface area contributed by atoms with Crippen molar-refractivity contribution in [3.63, 3.8) is 0 Å². The number of methoxy groups -OCH3 is 1. The van der Waals surface area contributed by atoms with Gasteiger partial charge < -0.3 is 10.5 Å². The van der Waals surface area contributed by atoms with Gasteiger partial charge in [0.1, 0.15) is 0 Å². The van der Waals surface area contributed by atoms with Crippen LogP contribution in [0.25, 0.3) is 0 Å². The number of unbranched alkanes of at least 4 members (excludes halogenated alkanes) is 1. The van der Waals surface area contributed by atoms with E-state index in [1.807, 2.05) is 12.1 Å². The van der Waals surface area contributed by atoms with E-state index in [1.54, 1.807) is 7.11 Å². The van der Waals surface area contributed by atoms with Crippen LogP contribution in [0.15, 0.2) is 24.3 Å². The molecule has 0 saturated heterocycles. The van der Waals surface area contributed by atoms with E-state index >= 15 is 0 Å². The van der Waals surface area contributed by atoms with Crippen LogP contribution in [0.2, 0.25) is 0 Å². The van der Waals surface area contributed by atoms with Gasteiger partial charge in [0.2, 0.25) is 0 Å². The summed E-state index contributed by atoms with van der Waals surface area (Å²) in [6, 6.07) is 8.07. The van der Waals surface area contributed by atoms with E-state index in [2.05, 4.69) is 12.1 Å². The van der Waals surface area contributed by atoms with Gasteiger partial charge in [-0.2, -0.15) is 0 Å². The second kappa shape index (κ2) is 5.60. The second-order valence-corrected chi connectivity index (χ2v) is 3.19. The Bertz CT molecular complexity index is 230. The third-order valence-corrected chi connectivity index (χ3v) is 2.04. The van der Waals surface area contributed by atoms with Gasteiger partial charge in [0, 0.05) is 19.4 Å². The van der Waals surface area contributed by atoms with Crippen LogP contribution in [0.5, 0.6) is 0 Å². The van der Waals surface area contributed by atoms with E-state index in [4.69, 9.17) is 10.5 Å². The smallest absolute Gasteiger partial charge is 0.0462 e. The highest BCUT2D eigenvalue weighted by atomic mass is 16.5. The molecular weight excluding hydrogens is 162 g/mol. The maximum Gasteiger partial charge on any atom is 0.0462 e. The van der Waals surface area contributed by atoms with Crippen molar-refractivity contribution in [2.45, 2.75) is 19.3 Å². The van der Waals surface area contributed by atoms with Gasteiger partial charge >= 0.3 is 0 Å². The molecule has 0 aliphatic rings. The first-order valence-electron chi connectivity index (χ1n) is 4.66. The van der Waals surface area contributed by atoms with Crippen molar-refractivity contribution < 1.29 is 4.74 Å². The van der Waals surface area contributed by atoms with Gasteiger partial charge in [0.25, 0.3) is 0 Å². The Morgan fingerprint density at radius 3 is 2.46 bits per heavy atom. The molecular formula is C11H17NO. The molecule has 0 bridgehead atoms. The molecule has 0 aliphatic carbocycles. The normalized spacial score (nSPS) is 10.2. The molecule has 0 radical (unpaired) electrons. The summed E-state index contributed by atoms with van der Waals surface area (Å²) in [4.78, 5) is 0. The summed E-state index contributed by atoms with van der Waals surface area (Å²) in [5, 5.41) is 0. The number of hydrogen-bond acceptors (Lipinski definition) is 2. The number of ether oxygens (including phenoxy) is 1. The zero-order chi connectivity index (χ0) is 9.52. The van der Waals surface area contributed by atoms with Gasteiger partial charge in [0.05, 0.1) is 0 Å². The molecule has 2 nitrogen and oxygen atoms in total. The highest BCUT2D eigenvalue weighted by Crippen LogP contribution is 2.08. The molecule has 1 rings (SSSR count). The molecule has 0 amide bonds. The van der Waals surface area contributed by atoms with Crippen LogP contribution in [0, 0.1) is 0 Å². The average Bonchev–Trinajstić information content (AvgIpc) is 2.15. The summed E-state index contributed by atoms with van der Waals surface area (Å²) in [6.07, 6.45) is 3.42. The third-order valence-electron chi connectivity index (χ3n) is 2.04. The Balaban J connectivity index is 2.25. The molecule has 1 aromatic rings. The predicted octanol–water partition coefficient (Wildman–Crippen LogP) is 2.24. The fraction of sp³-hybridized carbons (Fsp3) is 0.455. The van der Waals surface area contributed by atoms with E-state index in [-0.39, 0.29) is 0 Å². The molecule has 0 unspecified atom stereocenters. The topological polar surface area (TPSA) is 35.2 Å². The molecule has 0 spiro atoms. The lowest BCUT2D eigenvalue weighted by Gasteiger charge is -2.01. The first-order chi connectivity index (χ1) is 6.33. The Hall–Kier alpha value is -1.02. The quantitative estimate of drug-likeness (QED) is 0.555. The lowest BCUT2D eigenvalue weighted by atomic mass is 10.1. The summed E-state index contributed by atoms with van der Waals surface area (Å²) in [5.41, 5.74) is 7.77. The average molecular weight is 179 g/mol. The summed E-state index contributed by atoms with van der Waals surface area (Å²) < 4.78 is 4.98. The molecule has 0 aromatic heterocycles. The molecule has 0 aliphatic heterocycles. The van der Waals surface area contributed by atoms with E-state index in [1.165, 1.54) is 12.0 Å². The number of anilines is 1. The predicted molar refractivity (Wildman–Crippen MR) is 55.7 cm³/mol. The van der Waals surface area contributed by atoms with Gasteiger partial charge in [-0.15, -0.1) is 0 Å². The van der Waals surface area contributed by atoms with Crippen LogP contribution in [-0.4, -0.2) is 13.7 Å². The van der Waals surface area contributed by atoms with Crippen molar-refractivity contribution in [2.75, 3.05) is 19.5 Å². The van der Waals surface area contributed by atoms with Crippen LogP contribution in [0.1, 0.15) is 18.4 Å². The Morgan fingerprint density at radius 2 is 1.85 bits per heavy atom. The van der Waals surface area contributed by atoms with Crippen molar-refractivity contribution in [1.29, 1.82) is 0 Å². The molecule has 2 heteroatoms. The summed E-state index contributed by atoms with van der Waals surface area (Å²) in [5.74, 6) is 0. The van der Waals surface area contributed by atoms with E-state index in [0.29, 0.717) is 0 Å². The Labute approximate surface area is 79.7 Å². The van der Waals surface area contributed by atoms with Crippen molar-refractivity contribution in [3.8, 4) is 0 Å². The summed E-state index contributed by atoms with van der Waals surface area (Å²) in [7, 11) is 1.74. The highest BCUT2D eigenvalue weighted by molar-refractivity contribution is 5.39. The minimum Gasteiger partial charge on any atom is -0.399 e. The first kappa shape index (κ1) is 10.1. The zero-order valence-corrected chi connectivity index (χ0v) is 8.12. The molecule has 0 fully saturated rings. The summed E-state index contributed by atoms with van der Waals surface area (Å²) >= 11 is 0. The molecule has 72 valence electrons. The van der Waals surface area contributed by atoms with E-state index in [9.17, 15) is 0 Å². The van der Waals surface area contributed by atoms with Crippen LogP contribution >= 0.6 is 0 Å². The van der Waals surface area contributed by atoms with Crippen LogP contribution < -0.4 is 5.73 Å². The number of benzene rings is 1. The highest BCUT2D eigenvalue weighted by Gasteiger charge is 1.92. The SMILES string of the molecule is COCCCCc1ccc(N)cc1. The van der Waals surface area contributed by atoms with Gasteiger partial charge in [-0.3, -0.25) is 0 Å². The number of hydrogen-bond donors (Lipinski definition) is 1. The molecule has 0 saturated carbocycles. The maximum atomic E-state index is 5.58. The van der Waals surface area contributed by atoms with Crippen LogP contribution in [0.3, 0.4) is 0 Å². The first-order valence-corrected chi connectivity index (χ1v) is 4.66. The number of rotatable bonds is 5. The Morgan fingerprint density at radius 1 is 1.15 bits per heavy atom. The lowest BCUT2D eigenvalue weighted by molar-refractivity contribution is 0.193. The minimum atomic E-state index is 0.834. The van der Waals surface area contributed by atoms with Crippen LogP contribution in [-0.2, 0) is 11.2 Å². The van der Waals surface area contributed by atoms with Gasteiger partial charge in [-0.05, 0) is 37.0 Å². The number of aryl methyl sites for hydroxylation is 1. The standard InChI is InChI=1S/C11H17NO/c1-13-9-3-2-4-10-5-7-11(12)8-6-10/h5-8H,2-4,9,12H2,1H3. The van der Waals surface area contributed by atoms with Crippen LogP contribution in [0.4, 0.5) is 5.69 Å². The second-order valence-electron chi connectivity index (χ2n) is 3.19. The molecule has 2 N–H and O–H groups in total. The third kappa shape index (κ3) is 3.95. The van der Waals surface area contributed by atoms with E-state index < -0.39 is 0 Å². The molecule has 1 aromatic carbocycles. The van der Waals surface area contributed by atoms with Crippen molar-refractivity contribution in [1.82, 2.24) is 0 Å². The lowest BCUT2D eigenvalue weighted by Crippen LogP contribution is -1.92. The largest absolute Gasteiger partial charge is 0.399 e. The van der Waals surface area contributed by atoms with Crippen molar-refractivity contribution in [3.05, 3.63) is 29.8 Å². The van der Waals surface area contributed by atoms with Gasteiger partial charge in [-0.25, -0.2) is 0 Å². The number of nitrogen functional groups attached to an aromatic ring is 1.